The zero-order valence-electron chi connectivity index (χ0n) is 13.1. The van der Waals surface area contributed by atoms with Crippen molar-refractivity contribution in [2.24, 2.45) is 0 Å². The molecule has 5 rings (SSSR count). The minimum Gasteiger partial charge on any atom is -0.383 e. The zero-order valence-corrected chi connectivity index (χ0v) is 15.2. The molecule has 2 saturated carbocycles. The Balaban J connectivity index is 1.73. The van der Waals surface area contributed by atoms with E-state index in [-0.39, 0.29) is 0 Å². The second kappa shape index (κ2) is 5.40. The molecule has 7 nitrogen and oxygen atoms in total. The molecule has 3 aromatic rings. The molecular weight excluding hydrogens is 419 g/mol. The van der Waals surface area contributed by atoms with E-state index in [1.807, 2.05) is 4.68 Å². The standard InChI is InChI=1S/C16H17IN6O/c17-11-13(22-24-14(11)8-5-6-8)12-10-15(18)19-7-20-16(10)23(21-12)9-3-1-2-4-9/h7-9H,1-6H2,(H2,18,19,20). The first-order valence-electron chi connectivity index (χ1n) is 8.38. The number of nitrogens with two attached hydrogens (primary N) is 1. The van der Waals surface area contributed by atoms with Crippen LogP contribution in [0.25, 0.3) is 22.4 Å². The lowest BCUT2D eigenvalue weighted by Gasteiger charge is -2.09. The van der Waals surface area contributed by atoms with Crippen LogP contribution in [0.3, 0.4) is 0 Å². The van der Waals surface area contributed by atoms with Crippen LogP contribution in [0, 0.1) is 3.57 Å². The molecule has 0 saturated heterocycles. The fourth-order valence-electron chi connectivity index (χ4n) is 3.60. The van der Waals surface area contributed by atoms with Crippen LogP contribution in [0.4, 0.5) is 5.82 Å². The Morgan fingerprint density at radius 3 is 2.67 bits per heavy atom. The Bertz CT molecular complexity index is 922. The van der Waals surface area contributed by atoms with Gasteiger partial charge >= 0.3 is 0 Å². The number of aromatic nitrogens is 5. The molecule has 0 aliphatic heterocycles. The van der Waals surface area contributed by atoms with E-state index in [4.69, 9.17) is 15.4 Å². The van der Waals surface area contributed by atoms with Crippen LogP contribution in [0.15, 0.2) is 10.9 Å². The van der Waals surface area contributed by atoms with Gasteiger partial charge in [0.15, 0.2) is 11.4 Å². The van der Waals surface area contributed by atoms with Gasteiger partial charge in [-0.1, -0.05) is 18.0 Å². The molecule has 0 atom stereocenters. The molecule has 2 aliphatic rings. The average molecular weight is 436 g/mol. The highest BCUT2D eigenvalue weighted by Gasteiger charge is 2.33. The maximum atomic E-state index is 6.17. The summed E-state index contributed by atoms with van der Waals surface area (Å²) in [5, 5.41) is 9.96. The van der Waals surface area contributed by atoms with E-state index in [0.717, 1.165) is 44.6 Å². The third kappa shape index (κ3) is 2.15. The van der Waals surface area contributed by atoms with Crippen molar-refractivity contribution in [1.82, 2.24) is 24.9 Å². The third-order valence-electron chi connectivity index (χ3n) is 5.02. The average Bonchev–Trinajstić information content (AvgIpc) is 2.99. The molecule has 8 heteroatoms. The first kappa shape index (κ1) is 14.6. The Kier molecular flexibility index (Phi) is 3.29. The lowest BCUT2D eigenvalue weighted by Crippen LogP contribution is -2.07. The second-order valence-corrected chi connectivity index (χ2v) is 7.75. The second-order valence-electron chi connectivity index (χ2n) is 6.67. The molecule has 0 spiro atoms. The van der Waals surface area contributed by atoms with Crippen molar-refractivity contribution >= 4 is 39.4 Å². The molecule has 24 heavy (non-hydrogen) atoms. The summed E-state index contributed by atoms with van der Waals surface area (Å²) >= 11 is 2.31. The number of rotatable bonds is 3. The first-order chi connectivity index (χ1) is 11.7. The smallest absolute Gasteiger partial charge is 0.164 e. The van der Waals surface area contributed by atoms with E-state index in [2.05, 4.69) is 37.7 Å². The molecular formula is C16H17IN6O. The van der Waals surface area contributed by atoms with Crippen LogP contribution in [-0.4, -0.2) is 24.9 Å². The Morgan fingerprint density at radius 1 is 1.12 bits per heavy atom. The van der Waals surface area contributed by atoms with Crippen molar-refractivity contribution in [2.45, 2.75) is 50.5 Å². The maximum absolute atomic E-state index is 6.17. The normalized spacial score (nSPS) is 18.7. The summed E-state index contributed by atoms with van der Waals surface area (Å²) in [7, 11) is 0. The minimum absolute atomic E-state index is 0.378. The Morgan fingerprint density at radius 2 is 1.92 bits per heavy atom. The molecule has 3 heterocycles. The number of nitrogen functional groups attached to an aromatic ring is 1. The third-order valence-corrected chi connectivity index (χ3v) is 6.06. The van der Waals surface area contributed by atoms with E-state index in [9.17, 15) is 0 Å². The van der Waals surface area contributed by atoms with Crippen molar-refractivity contribution < 1.29 is 4.52 Å². The lowest BCUT2D eigenvalue weighted by atomic mass is 10.2. The summed E-state index contributed by atoms with van der Waals surface area (Å²) < 4.78 is 8.67. The molecule has 0 aromatic carbocycles. The minimum atomic E-state index is 0.378. The predicted molar refractivity (Wildman–Crippen MR) is 97.4 cm³/mol. The van der Waals surface area contributed by atoms with Crippen LogP contribution in [-0.2, 0) is 0 Å². The number of hydrogen-bond acceptors (Lipinski definition) is 6. The molecule has 0 bridgehead atoms. The fraction of sp³-hybridized carbons (Fsp3) is 0.500. The topological polar surface area (TPSA) is 95.7 Å². The van der Waals surface area contributed by atoms with Crippen molar-refractivity contribution in [1.29, 1.82) is 0 Å². The Labute approximate surface area is 152 Å². The van der Waals surface area contributed by atoms with Gasteiger partial charge in [-0.05, 0) is 48.3 Å². The quantitative estimate of drug-likeness (QED) is 0.630. The SMILES string of the molecule is Nc1ncnc2c1c(-c1noc(C3CC3)c1I)nn2C1CCCC1. The molecule has 2 N–H and O–H groups in total. The summed E-state index contributed by atoms with van der Waals surface area (Å²) in [5.41, 5.74) is 8.48. The number of anilines is 1. The fourth-order valence-corrected chi connectivity index (χ4v) is 4.50. The van der Waals surface area contributed by atoms with Gasteiger partial charge in [-0.15, -0.1) is 0 Å². The van der Waals surface area contributed by atoms with Crippen LogP contribution < -0.4 is 5.73 Å². The van der Waals surface area contributed by atoms with Crippen molar-refractivity contribution in [3.63, 3.8) is 0 Å². The summed E-state index contributed by atoms with van der Waals surface area (Å²) in [4.78, 5) is 8.64. The molecule has 2 aliphatic carbocycles. The summed E-state index contributed by atoms with van der Waals surface area (Å²) in [6, 6.07) is 0.378. The van der Waals surface area contributed by atoms with Crippen LogP contribution in [0.5, 0.6) is 0 Å². The molecule has 3 aromatic heterocycles. The molecule has 0 radical (unpaired) electrons. The number of halogens is 1. The number of fused-ring (bicyclic) bond motifs is 1. The van der Waals surface area contributed by atoms with E-state index in [0.29, 0.717) is 17.8 Å². The first-order valence-corrected chi connectivity index (χ1v) is 9.46. The number of hydrogen-bond donors (Lipinski definition) is 1. The predicted octanol–water partition coefficient (Wildman–Crippen LogP) is 3.66. The molecule has 2 fully saturated rings. The van der Waals surface area contributed by atoms with Gasteiger partial charge in [0.05, 0.1) is 15.0 Å². The van der Waals surface area contributed by atoms with Gasteiger partial charge in [0.1, 0.15) is 23.5 Å². The van der Waals surface area contributed by atoms with Gasteiger partial charge in [0, 0.05) is 5.92 Å². The maximum Gasteiger partial charge on any atom is 0.164 e. The Hall–Kier alpha value is -1.71. The van der Waals surface area contributed by atoms with E-state index in [1.165, 1.54) is 32.0 Å². The highest BCUT2D eigenvalue weighted by Crippen LogP contribution is 2.45. The summed E-state index contributed by atoms with van der Waals surface area (Å²) in [6.45, 7) is 0. The van der Waals surface area contributed by atoms with Gasteiger partial charge in [-0.25, -0.2) is 14.6 Å². The lowest BCUT2D eigenvalue weighted by molar-refractivity contribution is 0.385. The molecule has 124 valence electrons. The number of nitrogens with zero attached hydrogens (tertiary/aromatic N) is 5. The van der Waals surface area contributed by atoms with Gasteiger partial charge in [0.2, 0.25) is 0 Å². The summed E-state index contributed by atoms with van der Waals surface area (Å²) in [5.74, 6) is 1.94. The van der Waals surface area contributed by atoms with Gasteiger partial charge in [-0.3, -0.25) is 0 Å². The van der Waals surface area contributed by atoms with Gasteiger partial charge in [0.25, 0.3) is 0 Å². The van der Waals surface area contributed by atoms with E-state index < -0.39 is 0 Å². The molecule has 0 unspecified atom stereocenters. The molecule has 0 amide bonds. The van der Waals surface area contributed by atoms with Gasteiger partial charge in [-0.2, -0.15) is 5.10 Å². The zero-order chi connectivity index (χ0) is 16.3. The highest BCUT2D eigenvalue weighted by molar-refractivity contribution is 14.1. The highest BCUT2D eigenvalue weighted by atomic mass is 127. The largest absolute Gasteiger partial charge is 0.383 e. The van der Waals surface area contributed by atoms with Crippen LogP contribution in [0.1, 0.15) is 56.2 Å². The summed E-state index contributed by atoms with van der Waals surface area (Å²) in [6.07, 6.45) is 8.58. The van der Waals surface area contributed by atoms with Crippen LogP contribution in [0.2, 0.25) is 0 Å². The monoisotopic (exact) mass is 436 g/mol. The van der Waals surface area contributed by atoms with Crippen molar-refractivity contribution in [3.8, 4) is 11.4 Å². The van der Waals surface area contributed by atoms with E-state index >= 15 is 0 Å². The van der Waals surface area contributed by atoms with Crippen molar-refractivity contribution in [3.05, 3.63) is 15.7 Å². The van der Waals surface area contributed by atoms with Crippen LogP contribution >= 0.6 is 22.6 Å². The van der Waals surface area contributed by atoms with Crippen molar-refractivity contribution in [2.75, 3.05) is 5.73 Å². The van der Waals surface area contributed by atoms with Gasteiger partial charge < -0.3 is 10.3 Å². The van der Waals surface area contributed by atoms with E-state index in [1.54, 1.807) is 0 Å².